The van der Waals surface area contributed by atoms with Gasteiger partial charge in [-0.1, -0.05) is 103 Å². The van der Waals surface area contributed by atoms with Crippen LogP contribution in [0.3, 0.4) is 0 Å². The number of nitrogens with zero attached hydrogens (tertiary/aromatic N) is 1. The van der Waals surface area contributed by atoms with Crippen LogP contribution in [-0.2, 0) is 0 Å². The lowest BCUT2D eigenvalue weighted by molar-refractivity contribution is 0.150. The largest absolute Gasteiger partial charge is 0.393 e. The van der Waals surface area contributed by atoms with Gasteiger partial charge in [-0.3, -0.25) is 4.99 Å². The van der Waals surface area contributed by atoms with E-state index in [4.69, 9.17) is 0 Å². The first-order valence-electron chi connectivity index (χ1n) is 11.7. The predicted octanol–water partition coefficient (Wildman–Crippen LogP) is 6.25. The van der Waals surface area contributed by atoms with Gasteiger partial charge >= 0.3 is 0 Å². The molecular formula is C23H46N2O. The van der Waals surface area contributed by atoms with E-state index >= 15 is 0 Å². The van der Waals surface area contributed by atoms with Crippen LogP contribution in [0.5, 0.6) is 0 Å². The number of hydrogen-bond acceptors (Lipinski definition) is 3. The van der Waals surface area contributed by atoms with Crippen molar-refractivity contribution in [1.29, 1.82) is 0 Å². The van der Waals surface area contributed by atoms with Gasteiger partial charge in [-0.05, 0) is 13.3 Å². The number of rotatable bonds is 18. The van der Waals surface area contributed by atoms with Crippen LogP contribution in [0.2, 0.25) is 0 Å². The van der Waals surface area contributed by atoms with E-state index in [-0.39, 0.29) is 12.0 Å². The molecule has 0 aromatic rings. The van der Waals surface area contributed by atoms with Crippen LogP contribution in [0.1, 0.15) is 117 Å². The molecule has 0 bridgehead atoms. The average Bonchev–Trinajstić information content (AvgIpc) is 3.15. The van der Waals surface area contributed by atoms with Gasteiger partial charge in [-0.15, -0.1) is 0 Å². The smallest absolute Gasteiger partial charge is 0.102 e. The standard InChI is InChI=1S/C23H46N2O/c1-3-4-5-6-7-8-9-10-11-12-13-14-15-16-17-18-22(21(2)26)23-24-19-20-25-23/h21-22,26H,3-20H2,1-2H3,(H,24,25). The summed E-state index contributed by atoms with van der Waals surface area (Å²) in [5.41, 5.74) is 0. The molecule has 2 N–H and O–H groups in total. The molecular weight excluding hydrogens is 320 g/mol. The molecule has 0 saturated heterocycles. The van der Waals surface area contributed by atoms with E-state index in [0.29, 0.717) is 0 Å². The second-order valence-corrected chi connectivity index (χ2v) is 8.28. The molecule has 2 atom stereocenters. The minimum atomic E-state index is -0.286. The van der Waals surface area contributed by atoms with E-state index in [1.54, 1.807) is 0 Å². The van der Waals surface area contributed by atoms with E-state index in [9.17, 15) is 5.11 Å². The van der Waals surface area contributed by atoms with Gasteiger partial charge in [-0.25, -0.2) is 0 Å². The van der Waals surface area contributed by atoms with Crippen molar-refractivity contribution >= 4 is 5.84 Å². The summed E-state index contributed by atoms with van der Waals surface area (Å²) in [5, 5.41) is 13.3. The normalized spacial score (nSPS) is 16.3. The zero-order valence-corrected chi connectivity index (χ0v) is 17.8. The van der Waals surface area contributed by atoms with E-state index in [2.05, 4.69) is 17.2 Å². The highest BCUT2D eigenvalue weighted by molar-refractivity contribution is 5.86. The van der Waals surface area contributed by atoms with Gasteiger partial charge in [0.15, 0.2) is 0 Å². The fraction of sp³-hybridized carbons (Fsp3) is 0.957. The highest BCUT2D eigenvalue weighted by Gasteiger charge is 2.22. The first-order chi connectivity index (χ1) is 12.8. The third-order valence-electron chi connectivity index (χ3n) is 5.75. The monoisotopic (exact) mass is 366 g/mol. The quantitative estimate of drug-likeness (QED) is 0.282. The summed E-state index contributed by atoms with van der Waals surface area (Å²) in [5.74, 6) is 1.27. The van der Waals surface area contributed by atoms with Crippen LogP contribution in [-0.4, -0.2) is 30.1 Å². The fourth-order valence-corrected chi connectivity index (χ4v) is 4.01. The van der Waals surface area contributed by atoms with E-state index in [0.717, 1.165) is 25.3 Å². The topological polar surface area (TPSA) is 44.6 Å². The highest BCUT2D eigenvalue weighted by atomic mass is 16.3. The molecule has 2 unspecified atom stereocenters. The Bertz CT molecular complexity index is 341. The second kappa shape index (κ2) is 16.6. The summed E-state index contributed by atoms with van der Waals surface area (Å²) in [6.45, 7) is 6.00. The minimum Gasteiger partial charge on any atom is -0.393 e. The average molecular weight is 367 g/mol. The van der Waals surface area contributed by atoms with Crippen molar-refractivity contribution in [1.82, 2.24) is 5.32 Å². The Morgan fingerprint density at radius 1 is 0.808 bits per heavy atom. The van der Waals surface area contributed by atoms with E-state index < -0.39 is 0 Å². The first kappa shape index (κ1) is 23.5. The van der Waals surface area contributed by atoms with Crippen LogP contribution in [0.4, 0.5) is 0 Å². The molecule has 0 aromatic carbocycles. The lowest BCUT2D eigenvalue weighted by atomic mass is 9.94. The molecule has 0 aliphatic carbocycles. The number of nitrogens with one attached hydrogen (secondary N) is 1. The van der Waals surface area contributed by atoms with Crippen molar-refractivity contribution in [2.24, 2.45) is 10.9 Å². The van der Waals surface area contributed by atoms with E-state index in [1.165, 1.54) is 96.3 Å². The maximum Gasteiger partial charge on any atom is 0.102 e. The molecule has 0 fully saturated rings. The molecule has 154 valence electrons. The van der Waals surface area contributed by atoms with Gasteiger partial charge in [0.2, 0.25) is 0 Å². The number of unbranched alkanes of at least 4 members (excludes halogenated alkanes) is 14. The fourth-order valence-electron chi connectivity index (χ4n) is 4.01. The summed E-state index contributed by atoms with van der Waals surface area (Å²) < 4.78 is 0. The molecule has 0 spiro atoms. The first-order valence-corrected chi connectivity index (χ1v) is 11.7. The summed E-state index contributed by atoms with van der Waals surface area (Å²) in [6.07, 6.45) is 21.8. The van der Waals surface area contributed by atoms with Gasteiger partial charge in [0.05, 0.1) is 12.6 Å². The molecule has 0 amide bonds. The summed E-state index contributed by atoms with van der Waals surface area (Å²) in [6, 6.07) is 0. The zero-order chi connectivity index (χ0) is 18.9. The van der Waals surface area contributed by atoms with Gasteiger partial charge in [0.25, 0.3) is 0 Å². The van der Waals surface area contributed by atoms with Gasteiger partial charge in [0.1, 0.15) is 5.84 Å². The van der Waals surface area contributed by atoms with Gasteiger partial charge in [0, 0.05) is 12.5 Å². The number of amidine groups is 1. The van der Waals surface area contributed by atoms with Crippen LogP contribution in [0.25, 0.3) is 0 Å². The third-order valence-corrected chi connectivity index (χ3v) is 5.75. The van der Waals surface area contributed by atoms with Gasteiger partial charge in [-0.2, -0.15) is 0 Å². The Labute approximate surface area is 163 Å². The molecule has 0 saturated carbocycles. The molecule has 1 rings (SSSR count). The number of aliphatic hydroxyl groups is 1. The Morgan fingerprint density at radius 3 is 1.65 bits per heavy atom. The van der Waals surface area contributed by atoms with Gasteiger partial charge < -0.3 is 10.4 Å². The molecule has 1 heterocycles. The lowest BCUT2D eigenvalue weighted by Gasteiger charge is -2.20. The Hall–Kier alpha value is -0.570. The van der Waals surface area contributed by atoms with Crippen molar-refractivity contribution in [3.63, 3.8) is 0 Å². The van der Waals surface area contributed by atoms with Crippen molar-refractivity contribution in [3.8, 4) is 0 Å². The van der Waals surface area contributed by atoms with Crippen LogP contribution in [0, 0.1) is 5.92 Å². The van der Waals surface area contributed by atoms with Crippen molar-refractivity contribution in [3.05, 3.63) is 0 Å². The lowest BCUT2D eigenvalue weighted by Crippen LogP contribution is -2.33. The van der Waals surface area contributed by atoms with Crippen LogP contribution >= 0.6 is 0 Å². The zero-order valence-electron chi connectivity index (χ0n) is 17.8. The number of aliphatic imine (C=N–C) groups is 1. The van der Waals surface area contributed by atoms with E-state index in [1.807, 2.05) is 6.92 Å². The molecule has 0 aromatic heterocycles. The van der Waals surface area contributed by atoms with Crippen molar-refractivity contribution in [2.75, 3.05) is 13.1 Å². The SMILES string of the molecule is CCCCCCCCCCCCCCCCCC(C1=NCCN1)C(C)O. The molecule has 1 aliphatic rings. The Balaban J connectivity index is 1.83. The maximum atomic E-state index is 9.97. The molecule has 26 heavy (non-hydrogen) atoms. The van der Waals surface area contributed by atoms with Crippen molar-refractivity contribution in [2.45, 2.75) is 123 Å². The Kier molecular flexibility index (Phi) is 15.0. The Morgan fingerprint density at radius 2 is 1.27 bits per heavy atom. The maximum absolute atomic E-state index is 9.97. The highest BCUT2D eigenvalue weighted by Crippen LogP contribution is 2.18. The third kappa shape index (κ3) is 11.9. The minimum absolute atomic E-state index is 0.222. The number of aliphatic hydroxyl groups excluding tert-OH is 1. The summed E-state index contributed by atoms with van der Waals surface area (Å²) >= 11 is 0. The van der Waals surface area contributed by atoms with Crippen LogP contribution in [0.15, 0.2) is 4.99 Å². The summed E-state index contributed by atoms with van der Waals surface area (Å²) in [7, 11) is 0. The molecule has 3 nitrogen and oxygen atoms in total. The van der Waals surface area contributed by atoms with Crippen LogP contribution < -0.4 is 5.32 Å². The summed E-state index contributed by atoms with van der Waals surface area (Å²) in [4.78, 5) is 4.49. The molecule has 1 aliphatic heterocycles. The van der Waals surface area contributed by atoms with Crippen molar-refractivity contribution < 1.29 is 5.11 Å². The second-order valence-electron chi connectivity index (χ2n) is 8.28. The number of hydrogen-bond donors (Lipinski definition) is 2. The molecule has 3 heteroatoms. The predicted molar refractivity (Wildman–Crippen MR) is 115 cm³/mol. The molecule has 0 radical (unpaired) electrons.